The minimum Gasteiger partial charge on any atom is -0.342 e. The third-order valence-electron chi connectivity index (χ3n) is 4.17. The molecule has 96 valence electrons. The minimum atomic E-state index is -0.362. The van der Waals surface area contributed by atoms with Gasteiger partial charge < -0.3 is 5.32 Å². The molecule has 2 aliphatic rings. The summed E-state index contributed by atoms with van der Waals surface area (Å²) in [6.07, 6.45) is 4.14. The molecular weight excluding hydrogens is 214 g/mol. The van der Waals surface area contributed by atoms with Gasteiger partial charge in [0, 0.05) is 6.54 Å². The highest BCUT2D eigenvalue weighted by molar-refractivity contribution is 6.09. The number of nitrogens with zero attached hydrogens (tertiary/aromatic N) is 1. The van der Waals surface area contributed by atoms with Gasteiger partial charge in [0.2, 0.25) is 0 Å². The molecule has 0 aromatic rings. The zero-order valence-corrected chi connectivity index (χ0v) is 11.0. The first-order chi connectivity index (χ1) is 8.07. The molecule has 1 saturated carbocycles. The summed E-state index contributed by atoms with van der Waals surface area (Å²) in [5.74, 6) is 2.27. The number of rotatable bonds is 2. The van der Waals surface area contributed by atoms with Crippen LogP contribution in [-0.2, 0) is 4.79 Å². The predicted molar refractivity (Wildman–Crippen MR) is 68.8 cm³/mol. The van der Waals surface area contributed by atoms with Crippen molar-refractivity contribution in [3.8, 4) is 0 Å². The Morgan fingerprint density at radius 1 is 1.41 bits per heavy atom. The molecule has 1 heterocycles. The molecule has 4 heteroatoms. The van der Waals surface area contributed by atoms with Gasteiger partial charge in [-0.15, -0.1) is 0 Å². The zero-order valence-electron chi connectivity index (χ0n) is 11.0. The van der Waals surface area contributed by atoms with E-state index < -0.39 is 0 Å². The van der Waals surface area contributed by atoms with E-state index in [2.05, 4.69) is 29.5 Å². The minimum absolute atomic E-state index is 0.118. The van der Waals surface area contributed by atoms with E-state index in [0.717, 1.165) is 37.5 Å². The molecule has 1 saturated heterocycles. The van der Waals surface area contributed by atoms with Gasteiger partial charge in [-0.2, -0.15) is 0 Å². The van der Waals surface area contributed by atoms with E-state index in [0.29, 0.717) is 12.5 Å². The monoisotopic (exact) mass is 237 g/mol. The Bertz CT molecular complexity index is 328. The van der Waals surface area contributed by atoms with Crippen LogP contribution in [-0.4, -0.2) is 24.0 Å². The Balaban J connectivity index is 2.03. The van der Waals surface area contributed by atoms with E-state index in [1.165, 1.54) is 0 Å². The van der Waals surface area contributed by atoms with Crippen LogP contribution in [0.25, 0.3) is 0 Å². The first kappa shape index (κ1) is 12.4. The van der Waals surface area contributed by atoms with Gasteiger partial charge in [0.1, 0.15) is 5.54 Å². The lowest BCUT2D eigenvalue weighted by Crippen LogP contribution is -2.49. The van der Waals surface area contributed by atoms with Crippen molar-refractivity contribution in [2.24, 2.45) is 16.8 Å². The van der Waals surface area contributed by atoms with Gasteiger partial charge in [0.25, 0.3) is 5.91 Å². The molecule has 17 heavy (non-hydrogen) atoms. The van der Waals surface area contributed by atoms with Gasteiger partial charge in [-0.25, -0.2) is 0 Å². The van der Waals surface area contributed by atoms with Crippen LogP contribution in [0.3, 0.4) is 0 Å². The third-order valence-corrected chi connectivity index (χ3v) is 4.17. The number of carbonyl (C=O) groups excluding carboxylic acids is 1. The van der Waals surface area contributed by atoms with Gasteiger partial charge in [0.15, 0.2) is 5.96 Å². The maximum absolute atomic E-state index is 12.1. The molecule has 1 aliphatic carbocycles. The number of nitrogens with one attached hydrogen (secondary N) is 2. The van der Waals surface area contributed by atoms with Crippen molar-refractivity contribution in [2.75, 3.05) is 6.54 Å². The summed E-state index contributed by atoms with van der Waals surface area (Å²) in [4.78, 5) is 16.3. The fourth-order valence-electron chi connectivity index (χ4n) is 2.93. The molecule has 0 aromatic carbocycles. The Hall–Kier alpha value is -1.06. The van der Waals surface area contributed by atoms with Crippen molar-refractivity contribution < 1.29 is 4.79 Å². The van der Waals surface area contributed by atoms with Crippen molar-refractivity contribution in [1.29, 1.82) is 0 Å². The number of hydrogen-bond acceptors (Lipinski definition) is 2. The summed E-state index contributed by atoms with van der Waals surface area (Å²) < 4.78 is 0. The Kier molecular flexibility index (Phi) is 3.40. The van der Waals surface area contributed by atoms with Crippen LogP contribution >= 0.6 is 0 Å². The Morgan fingerprint density at radius 2 is 2.06 bits per heavy atom. The van der Waals surface area contributed by atoms with Gasteiger partial charge in [-0.3, -0.25) is 15.1 Å². The summed E-state index contributed by atoms with van der Waals surface area (Å²) >= 11 is 0. The summed E-state index contributed by atoms with van der Waals surface area (Å²) in [5.41, 5.74) is -0.362. The third kappa shape index (κ3) is 2.31. The lowest BCUT2D eigenvalue weighted by molar-refractivity contribution is -0.125. The average Bonchev–Trinajstić information content (AvgIpc) is 2.57. The second-order valence-corrected chi connectivity index (χ2v) is 5.57. The van der Waals surface area contributed by atoms with Crippen LogP contribution in [0.1, 0.15) is 46.5 Å². The Labute approximate surface area is 103 Å². The molecule has 1 amide bonds. The molecular formula is C13H23N3O. The van der Waals surface area contributed by atoms with E-state index in [9.17, 15) is 4.79 Å². The van der Waals surface area contributed by atoms with E-state index >= 15 is 0 Å². The fourth-order valence-corrected chi connectivity index (χ4v) is 2.93. The largest absolute Gasteiger partial charge is 0.342 e. The molecule has 2 fully saturated rings. The van der Waals surface area contributed by atoms with Crippen LogP contribution in [0.4, 0.5) is 0 Å². The molecule has 4 nitrogen and oxygen atoms in total. The Morgan fingerprint density at radius 3 is 2.59 bits per heavy atom. The number of aliphatic imine (C=N–C) groups is 1. The molecule has 0 atom stereocenters. The summed E-state index contributed by atoms with van der Waals surface area (Å²) in [5, 5.41) is 6.17. The summed E-state index contributed by atoms with van der Waals surface area (Å²) in [6.45, 7) is 7.22. The van der Waals surface area contributed by atoms with Crippen molar-refractivity contribution in [1.82, 2.24) is 10.6 Å². The van der Waals surface area contributed by atoms with Gasteiger partial charge in [-0.1, -0.05) is 13.8 Å². The van der Waals surface area contributed by atoms with Gasteiger partial charge in [-0.05, 0) is 44.4 Å². The molecule has 2 N–H and O–H groups in total. The predicted octanol–water partition coefficient (Wildman–Crippen LogP) is 1.67. The highest BCUT2D eigenvalue weighted by Gasteiger charge is 2.47. The quantitative estimate of drug-likeness (QED) is 0.767. The summed E-state index contributed by atoms with van der Waals surface area (Å²) in [7, 11) is 0. The highest BCUT2D eigenvalue weighted by Crippen LogP contribution is 2.37. The van der Waals surface area contributed by atoms with Crippen molar-refractivity contribution in [3.63, 3.8) is 0 Å². The number of guanidine groups is 1. The van der Waals surface area contributed by atoms with E-state index in [4.69, 9.17) is 0 Å². The van der Waals surface area contributed by atoms with E-state index in [1.807, 2.05) is 6.92 Å². The number of amides is 1. The molecule has 0 bridgehead atoms. The fraction of sp³-hybridized carbons (Fsp3) is 0.846. The lowest BCUT2D eigenvalue weighted by Gasteiger charge is -2.36. The lowest BCUT2D eigenvalue weighted by atomic mass is 9.73. The summed E-state index contributed by atoms with van der Waals surface area (Å²) in [6, 6.07) is 0. The van der Waals surface area contributed by atoms with Crippen LogP contribution in [0.15, 0.2) is 4.99 Å². The maximum Gasteiger partial charge on any atom is 0.252 e. The van der Waals surface area contributed by atoms with Gasteiger partial charge in [0.05, 0.1) is 0 Å². The molecule has 1 aliphatic heterocycles. The first-order valence-electron chi connectivity index (χ1n) is 6.71. The highest BCUT2D eigenvalue weighted by atomic mass is 16.2. The molecule has 2 rings (SSSR count). The number of carbonyl (C=O) groups is 1. The van der Waals surface area contributed by atoms with Crippen LogP contribution in [0.5, 0.6) is 0 Å². The molecule has 0 radical (unpaired) electrons. The van der Waals surface area contributed by atoms with Crippen LogP contribution in [0.2, 0.25) is 0 Å². The van der Waals surface area contributed by atoms with Crippen LogP contribution < -0.4 is 10.6 Å². The zero-order chi connectivity index (χ0) is 12.5. The van der Waals surface area contributed by atoms with E-state index in [1.54, 1.807) is 0 Å². The smallest absolute Gasteiger partial charge is 0.252 e. The van der Waals surface area contributed by atoms with E-state index in [-0.39, 0.29) is 11.4 Å². The number of hydrogen-bond donors (Lipinski definition) is 2. The maximum atomic E-state index is 12.1. The normalized spacial score (nSPS) is 35.4. The van der Waals surface area contributed by atoms with Crippen molar-refractivity contribution >= 4 is 11.9 Å². The second kappa shape index (κ2) is 4.67. The topological polar surface area (TPSA) is 53.5 Å². The standard InChI is InChI=1S/C13H23N3O/c1-4-14-12-15-11(17)13(16-12)7-5-10(6-8-13)9(2)3/h9-10H,4-8H2,1-3H3,(H2,14,15,16,17). The molecule has 0 unspecified atom stereocenters. The SMILES string of the molecule is CCN=C1NC(=O)C2(CCC(C(C)C)CC2)N1. The average molecular weight is 237 g/mol. The van der Waals surface area contributed by atoms with Crippen molar-refractivity contribution in [3.05, 3.63) is 0 Å². The molecule has 1 spiro atoms. The van der Waals surface area contributed by atoms with Crippen molar-refractivity contribution in [2.45, 2.75) is 52.0 Å². The van der Waals surface area contributed by atoms with Crippen LogP contribution in [0, 0.1) is 11.8 Å². The molecule has 0 aromatic heterocycles. The van der Waals surface area contributed by atoms with Gasteiger partial charge >= 0.3 is 0 Å². The first-order valence-corrected chi connectivity index (χ1v) is 6.71. The second-order valence-electron chi connectivity index (χ2n) is 5.57.